The third kappa shape index (κ3) is 6.21. The molecule has 0 saturated heterocycles. The molecule has 2 heterocycles. The first-order valence-corrected chi connectivity index (χ1v) is 9.87. The minimum atomic E-state index is 0. The van der Waals surface area contributed by atoms with Crippen LogP contribution in [0.3, 0.4) is 0 Å². The largest absolute Gasteiger partial charge is 0.356 e. The number of aliphatic imine (C=N–C) groups is 1. The first kappa shape index (κ1) is 21.7. The zero-order valence-corrected chi connectivity index (χ0v) is 19.0. The molecule has 146 valence electrons. The standard InChI is InChI=1S/C20H26N4OS.HI/c1-15-3-5-16(6-4-15)13-23-20(21-2)22-10-7-19(25)24-11-8-18-17(14-24)9-12-26-18;/h3-6,9,12H,7-8,10-11,13-14H2,1-2H3,(H2,21,22,23);1H. The SMILES string of the molecule is CN=C(NCCC(=O)N1CCc2sccc2C1)NCc1ccc(C)cc1.I. The van der Waals surface area contributed by atoms with Gasteiger partial charge in [0, 0.05) is 44.5 Å². The summed E-state index contributed by atoms with van der Waals surface area (Å²) in [5.74, 6) is 0.917. The number of guanidine groups is 1. The minimum Gasteiger partial charge on any atom is -0.356 e. The van der Waals surface area contributed by atoms with Crippen LogP contribution < -0.4 is 10.6 Å². The fourth-order valence-electron chi connectivity index (χ4n) is 3.02. The van der Waals surface area contributed by atoms with Crippen LogP contribution in [0.1, 0.15) is 28.0 Å². The van der Waals surface area contributed by atoms with Crippen LogP contribution in [0.15, 0.2) is 40.7 Å². The molecule has 1 aromatic heterocycles. The number of rotatable bonds is 5. The van der Waals surface area contributed by atoms with Gasteiger partial charge in [-0.25, -0.2) is 0 Å². The van der Waals surface area contributed by atoms with Gasteiger partial charge < -0.3 is 15.5 Å². The van der Waals surface area contributed by atoms with Crippen molar-refractivity contribution < 1.29 is 4.79 Å². The van der Waals surface area contributed by atoms with Gasteiger partial charge in [-0.05, 0) is 35.9 Å². The molecule has 2 aromatic rings. The van der Waals surface area contributed by atoms with E-state index in [0.717, 1.165) is 25.5 Å². The summed E-state index contributed by atoms with van der Waals surface area (Å²) in [6, 6.07) is 10.5. The van der Waals surface area contributed by atoms with Crippen molar-refractivity contribution in [2.45, 2.75) is 32.9 Å². The van der Waals surface area contributed by atoms with E-state index in [9.17, 15) is 4.79 Å². The van der Waals surface area contributed by atoms with Crippen molar-refractivity contribution in [3.05, 3.63) is 57.3 Å². The van der Waals surface area contributed by atoms with E-state index in [1.807, 2.05) is 4.90 Å². The Labute approximate surface area is 182 Å². The summed E-state index contributed by atoms with van der Waals surface area (Å²) in [7, 11) is 1.75. The number of carbonyl (C=O) groups is 1. The van der Waals surface area contributed by atoms with Crippen LogP contribution in [0.5, 0.6) is 0 Å². The van der Waals surface area contributed by atoms with Gasteiger partial charge in [-0.15, -0.1) is 35.3 Å². The molecule has 27 heavy (non-hydrogen) atoms. The van der Waals surface area contributed by atoms with E-state index >= 15 is 0 Å². The third-order valence-electron chi connectivity index (χ3n) is 4.60. The molecule has 1 aliphatic rings. The Hall–Kier alpha value is -1.61. The number of hydrogen-bond acceptors (Lipinski definition) is 3. The Morgan fingerprint density at radius 2 is 2.00 bits per heavy atom. The van der Waals surface area contributed by atoms with Crippen molar-refractivity contribution in [1.29, 1.82) is 0 Å². The molecule has 0 aliphatic carbocycles. The van der Waals surface area contributed by atoms with Gasteiger partial charge in [0.1, 0.15) is 0 Å². The molecule has 0 unspecified atom stereocenters. The number of aryl methyl sites for hydroxylation is 1. The molecule has 0 atom stereocenters. The molecule has 1 aromatic carbocycles. The molecule has 5 nitrogen and oxygen atoms in total. The van der Waals surface area contributed by atoms with Crippen molar-refractivity contribution in [3.8, 4) is 0 Å². The maximum Gasteiger partial charge on any atom is 0.224 e. The molecular weight excluding hydrogens is 471 g/mol. The second kappa shape index (κ2) is 10.7. The molecule has 1 amide bonds. The number of carbonyl (C=O) groups excluding carboxylic acids is 1. The number of amides is 1. The Morgan fingerprint density at radius 1 is 1.22 bits per heavy atom. The van der Waals surface area contributed by atoms with E-state index in [-0.39, 0.29) is 29.9 Å². The van der Waals surface area contributed by atoms with Gasteiger partial charge in [-0.2, -0.15) is 0 Å². The minimum absolute atomic E-state index is 0. The zero-order chi connectivity index (χ0) is 18.4. The Morgan fingerprint density at radius 3 is 2.74 bits per heavy atom. The lowest BCUT2D eigenvalue weighted by atomic mass is 10.1. The molecule has 1 aliphatic heterocycles. The Kier molecular flexibility index (Phi) is 8.56. The monoisotopic (exact) mass is 498 g/mol. The third-order valence-corrected chi connectivity index (χ3v) is 5.62. The summed E-state index contributed by atoms with van der Waals surface area (Å²) in [6.45, 7) is 4.95. The Balaban J connectivity index is 0.00000261. The molecule has 0 saturated carbocycles. The van der Waals surface area contributed by atoms with Crippen LogP contribution in [0.4, 0.5) is 0 Å². The molecule has 7 heteroatoms. The van der Waals surface area contributed by atoms with Crippen molar-refractivity contribution in [2.75, 3.05) is 20.1 Å². The van der Waals surface area contributed by atoms with Crippen LogP contribution in [0, 0.1) is 6.92 Å². The van der Waals surface area contributed by atoms with Crippen LogP contribution in [-0.2, 0) is 24.3 Å². The van der Waals surface area contributed by atoms with Crippen molar-refractivity contribution >= 4 is 47.2 Å². The smallest absolute Gasteiger partial charge is 0.224 e. The number of benzene rings is 1. The fraction of sp³-hybridized carbons (Fsp3) is 0.400. The van der Waals surface area contributed by atoms with Crippen molar-refractivity contribution in [2.24, 2.45) is 4.99 Å². The van der Waals surface area contributed by atoms with Crippen molar-refractivity contribution in [1.82, 2.24) is 15.5 Å². The van der Waals surface area contributed by atoms with Gasteiger partial charge in [0.15, 0.2) is 5.96 Å². The number of thiophene rings is 1. The van der Waals surface area contributed by atoms with E-state index in [2.05, 4.69) is 58.3 Å². The number of fused-ring (bicyclic) bond motifs is 1. The second-order valence-corrected chi connectivity index (χ2v) is 7.52. The topological polar surface area (TPSA) is 56.7 Å². The number of hydrogen-bond donors (Lipinski definition) is 2. The van der Waals surface area contributed by atoms with Gasteiger partial charge >= 0.3 is 0 Å². The van der Waals surface area contributed by atoms with Gasteiger partial charge in [0.2, 0.25) is 5.91 Å². The molecule has 0 spiro atoms. The first-order valence-electron chi connectivity index (χ1n) is 8.99. The average Bonchev–Trinajstić information content (AvgIpc) is 3.13. The summed E-state index contributed by atoms with van der Waals surface area (Å²) in [6.07, 6.45) is 1.46. The van der Waals surface area contributed by atoms with E-state index in [1.165, 1.54) is 21.6 Å². The molecular formula is C20H27IN4OS. The highest BCUT2D eigenvalue weighted by atomic mass is 127. The summed E-state index contributed by atoms with van der Waals surface area (Å²) < 4.78 is 0. The number of nitrogens with one attached hydrogen (secondary N) is 2. The second-order valence-electron chi connectivity index (χ2n) is 6.52. The lowest BCUT2D eigenvalue weighted by molar-refractivity contribution is -0.131. The van der Waals surface area contributed by atoms with Gasteiger partial charge in [0.25, 0.3) is 0 Å². The van der Waals surface area contributed by atoms with Gasteiger partial charge in [-0.3, -0.25) is 9.79 Å². The lowest BCUT2D eigenvalue weighted by Gasteiger charge is -2.27. The summed E-state index contributed by atoms with van der Waals surface area (Å²) in [5, 5.41) is 8.63. The van der Waals surface area contributed by atoms with Crippen LogP contribution in [0.25, 0.3) is 0 Å². The number of nitrogens with zero attached hydrogens (tertiary/aromatic N) is 2. The number of halogens is 1. The highest BCUT2D eigenvalue weighted by Crippen LogP contribution is 2.24. The summed E-state index contributed by atoms with van der Waals surface area (Å²) in [5.41, 5.74) is 3.76. The van der Waals surface area contributed by atoms with Crippen molar-refractivity contribution in [3.63, 3.8) is 0 Å². The van der Waals surface area contributed by atoms with E-state index in [4.69, 9.17) is 0 Å². The lowest BCUT2D eigenvalue weighted by Crippen LogP contribution is -2.40. The van der Waals surface area contributed by atoms with Gasteiger partial charge in [-0.1, -0.05) is 29.8 Å². The van der Waals surface area contributed by atoms with E-state index in [1.54, 1.807) is 18.4 Å². The highest BCUT2D eigenvalue weighted by molar-refractivity contribution is 14.0. The molecule has 3 rings (SSSR count). The molecule has 2 N–H and O–H groups in total. The Bertz CT molecular complexity index is 773. The zero-order valence-electron chi connectivity index (χ0n) is 15.8. The normalized spacial score (nSPS) is 13.6. The maximum absolute atomic E-state index is 12.4. The predicted molar refractivity (Wildman–Crippen MR) is 123 cm³/mol. The molecule has 0 bridgehead atoms. The van der Waals surface area contributed by atoms with Crippen LogP contribution in [0.2, 0.25) is 0 Å². The average molecular weight is 498 g/mol. The fourth-order valence-corrected chi connectivity index (χ4v) is 3.91. The van der Waals surface area contributed by atoms with E-state index < -0.39 is 0 Å². The van der Waals surface area contributed by atoms with E-state index in [0.29, 0.717) is 19.5 Å². The predicted octanol–water partition coefficient (Wildman–Crippen LogP) is 3.31. The molecule has 0 fully saturated rings. The maximum atomic E-state index is 12.4. The summed E-state index contributed by atoms with van der Waals surface area (Å²) in [4.78, 5) is 20.0. The quantitative estimate of drug-likeness (QED) is 0.378. The van der Waals surface area contributed by atoms with Gasteiger partial charge in [0.05, 0.1) is 0 Å². The molecule has 0 radical (unpaired) electrons. The highest BCUT2D eigenvalue weighted by Gasteiger charge is 2.20. The van der Waals surface area contributed by atoms with Crippen LogP contribution in [-0.4, -0.2) is 36.9 Å². The first-order chi connectivity index (χ1) is 12.7. The summed E-state index contributed by atoms with van der Waals surface area (Å²) >= 11 is 1.79. The van der Waals surface area contributed by atoms with Crippen LogP contribution >= 0.6 is 35.3 Å².